The van der Waals surface area contributed by atoms with E-state index in [4.69, 9.17) is 14.2 Å². The Hall–Kier alpha value is -2.63. The number of ether oxygens (including phenoxy) is 3. The molecule has 0 spiro atoms. The third-order valence-electron chi connectivity index (χ3n) is 13.8. The van der Waals surface area contributed by atoms with Crippen molar-refractivity contribution in [2.45, 2.75) is 335 Å². The molecule has 0 aromatic heterocycles. The minimum absolute atomic E-state index is 0.0726. The lowest BCUT2D eigenvalue weighted by Crippen LogP contribution is -2.30. The van der Waals surface area contributed by atoms with E-state index >= 15 is 0 Å². The van der Waals surface area contributed by atoms with Gasteiger partial charge in [0.2, 0.25) is 0 Å². The number of carbonyl (C=O) groups excluding carboxylic acids is 3. The third kappa shape index (κ3) is 58.1. The zero-order valence-corrected chi connectivity index (χ0v) is 47.5. The number of rotatable bonds is 57. The maximum atomic E-state index is 12.9. The number of unbranched alkanes of at least 4 members (excludes halogenated alkanes) is 38. The lowest BCUT2D eigenvalue weighted by Gasteiger charge is -2.18. The van der Waals surface area contributed by atoms with E-state index in [9.17, 15) is 14.4 Å². The first-order valence-electron chi connectivity index (χ1n) is 31.1. The van der Waals surface area contributed by atoms with Gasteiger partial charge in [0, 0.05) is 19.3 Å². The Bertz CT molecular complexity index is 1230. The molecule has 0 fully saturated rings. The molecule has 0 aliphatic heterocycles. The van der Waals surface area contributed by atoms with Gasteiger partial charge in [0.25, 0.3) is 0 Å². The average Bonchev–Trinajstić information content (AvgIpc) is 3.37. The van der Waals surface area contributed by atoms with Crippen LogP contribution in [0.2, 0.25) is 0 Å². The lowest BCUT2D eigenvalue weighted by atomic mass is 10.0. The molecule has 0 saturated heterocycles. The first kappa shape index (κ1) is 68.4. The molecule has 0 rings (SSSR count). The Morgan fingerprint density at radius 1 is 0.296 bits per heavy atom. The molecule has 0 radical (unpaired) electrons. The van der Waals surface area contributed by atoms with Crippen LogP contribution in [0.4, 0.5) is 0 Å². The van der Waals surface area contributed by atoms with Gasteiger partial charge in [-0.05, 0) is 57.8 Å². The molecule has 0 bridgehead atoms. The normalized spacial score (nSPS) is 12.3. The van der Waals surface area contributed by atoms with Gasteiger partial charge in [-0.15, -0.1) is 0 Å². The van der Waals surface area contributed by atoms with E-state index in [1.165, 1.54) is 199 Å². The van der Waals surface area contributed by atoms with Crippen LogP contribution < -0.4 is 0 Å². The summed E-state index contributed by atoms with van der Waals surface area (Å²) in [6.07, 6.45) is 73.9. The Labute approximate surface area is 441 Å². The van der Waals surface area contributed by atoms with Gasteiger partial charge < -0.3 is 14.2 Å². The highest BCUT2D eigenvalue weighted by Crippen LogP contribution is 2.17. The largest absolute Gasteiger partial charge is 0.462 e. The third-order valence-corrected chi connectivity index (χ3v) is 13.8. The molecule has 0 aliphatic rings. The van der Waals surface area contributed by atoms with Crippen LogP contribution in [0, 0.1) is 0 Å². The molecule has 0 amide bonds. The standard InChI is InChI=1S/C65H118O6/c1-4-7-10-13-16-19-22-25-28-31-32-35-37-40-43-46-49-52-55-58-64(67)70-61-62(71-65(68)59-56-53-50-47-44-41-38-34-30-27-24-21-18-15-12-9-6-3)60-69-63(66)57-54-51-48-45-42-39-36-33-29-26-23-20-17-14-11-8-5-2/h7,10,16,19,25,28,32,35,62H,4-6,8-9,11-15,17-18,20-24,26-27,29-31,33-34,36-61H2,1-3H3/b10-7-,19-16-,28-25-,35-32-. The Kier molecular flexibility index (Phi) is 57.7. The van der Waals surface area contributed by atoms with E-state index in [-0.39, 0.29) is 31.1 Å². The molecule has 6 heteroatoms. The number of allylic oxidation sites excluding steroid dienone is 8. The van der Waals surface area contributed by atoms with Gasteiger partial charge in [0.15, 0.2) is 6.10 Å². The van der Waals surface area contributed by atoms with Gasteiger partial charge >= 0.3 is 17.9 Å². The van der Waals surface area contributed by atoms with Crippen LogP contribution in [0.15, 0.2) is 48.6 Å². The Balaban J connectivity index is 4.36. The molecular formula is C65H118O6. The Morgan fingerprint density at radius 2 is 0.549 bits per heavy atom. The molecule has 1 atom stereocenters. The highest BCUT2D eigenvalue weighted by atomic mass is 16.6. The van der Waals surface area contributed by atoms with Crippen LogP contribution in [-0.4, -0.2) is 37.2 Å². The number of hydrogen-bond donors (Lipinski definition) is 0. The van der Waals surface area contributed by atoms with E-state index in [0.29, 0.717) is 19.3 Å². The van der Waals surface area contributed by atoms with Gasteiger partial charge in [-0.2, -0.15) is 0 Å². The van der Waals surface area contributed by atoms with Crippen molar-refractivity contribution in [3.8, 4) is 0 Å². The van der Waals surface area contributed by atoms with Crippen LogP contribution in [-0.2, 0) is 28.6 Å². The number of carbonyl (C=O) groups is 3. The van der Waals surface area contributed by atoms with Gasteiger partial charge in [0.05, 0.1) is 0 Å². The molecule has 1 unspecified atom stereocenters. The van der Waals surface area contributed by atoms with E-state index in [1.54, 1.807) is 0 Å². The fraction of sp³-hybridized carbons (Fsp3) is 0.831. The summed E-state index contributed by atoms with van der Waals surface area (Å²) in [7, 11) is 0. The zero-order chi connectivity index (χ0) is 51.4. The van der Waals surface area contributed by atoms with E-state index in [1.807, 2.05) is 0 Å². The van der Waals surface area contributed by atoms with Crippen molar-refractivity contribution in [2.24, 2.45) is 0 Å². The molecule has 414 valence electrons. The molecule has 0 N–H and O–H groups in total. The summed E-state index contributed by atoms with van der Waals surface area (Å²) in [4.78, 5) is 38.3. The molecule has 0 heterocycles. The average molecular weight is 996 g/mol. The SMILES string of the molecule is CC/C=C\C/C=C\C/C=C\C/C=C\CCCCCCCCC(=O)OCC(COC(=O)CCCCCCCCCCCCCCCCCCC)OC(=O)CCCCCCCCCCCCCCCCCCC. The van der Waals surface area contributed by atoms with Crippen molar-refractivity contribution in [1.29, 1.82) is 0 Å². The van der Waals surface area contributed by atoms with Gasteiger partial charge in [-0.1, -0.05) is 301 Å². The summed E-state index contributed by atoms with van der Waals surface area (Å²) in [5.74, 6) is -0.864. The van der Waals surface area contributed by atoms with E-state index in [0.717, 1.165) is 89.9 Å². The van der Waals surface area contributed by atoms with Crippen molar-refractivity contribution in [2.75, 3.05) is 13.2 Å². The highest BCUT2D eigenvalue weighted by molar-refractivity contribution is 5.71. The van der Waals surface area contributed by atoms with Crippen molar-refractivity contribution >= 4 is 17.9 Å². The fourth-order valence-electron chi connectivity index (χ4n) is 9.20. The van der Waals surface area contributed by atoms with E-state index < -0.39 is 6.10 Å². The van der Waals surface area contributed by atoms with E-state index in [2.05, 4.69) is 69.4 Å². The highest BCUT2D eigenvalue weighted by Gasteiger charge is 2.19. The maximum absolute atomic E-state index is 12.9. The monoisotopic (exact) mass is 995 g/mol. The van der Waals surface area contributed by atoms with Crippen molar-refractivity contribution < 1.29 is 28.6 Å². The van der Waals surface area contributed by atoms with Crippen LogP contribution >= 0.6 is 0 Å². The molecule has 6 nitrogen and oxygen atoms in total. The summed E-state index contributed by atoms with van der Waals surface area (Å²) < 4.78 is 16.9. The molecule has 0 saturated carbocycles. The predicted octanol–water partition coefficient (Wildman–Crippen LogP) is 21.0. The van der Waals surface area contributed by atoms with Gasteiger partial charge in [0.1, 0.15) is 13.2 Å². The smallest absolute Gasteiger partial charge is 0.306 e. The second-order valence-electron chi connectivity index (χ2n) is 21.0. The zero-order valence-electron chi connectivity index (χ0n) is 47.5. The van der Waals surface area contributed by atoms with Crippen molar-refractivity contribution in [1.82, 2.24) is 0 Å². The van der Waals surface area contributed by atoms with Crippen LogP contribution in [0.5, 0.6) is 0 Å². The summed E-state index contributed by atoms with van der Waals surface area (Å²) in [5, 5.41) is 0. The summed E-state index contributed by atoms with van der Waals surface area (Å²) in [5.41, 5.74) is 0. The maximum Gasteiger partial charge on any atom is 0.306 e. The molecule has 0 aromatic carbocycles. The van der Waals surface area contributed by atoms with Gasteiger partial charge in [-0.3, -0.25) is 14.4 Å². The van der Waals surface area contributed by atoms with Crippen molar-refractivity contribution in [3.05, 3.63) is 48.6 Å². The quantitative estimate of drug-likeness (QED) is 0.0261. The minimum Gasteiger partial charge on any atom is -0.462 e. The number of hydrogen-bond acceptors (Lipinski definition) is 6. The fourth-order valence-corrected chi connectivity index (χ4v) is 9.20. The summed E-state index contributed by atoms with van der Waals surface area (Å²) in [6, 6.07) is 0. The first-order valence-corrected chi connectivity index (χ1v) is 31.1. The topological polar surface area (TPSA) is 78.9 Å². The Morgan fingerprint density at radius 3 is 0.859 bits per heavy atom. The molecule has 0 aromatic rings. The minimum atomic E-state index is -0.776. The first-order chi connectivity index (χ1) is 35.0. The lowest BCUT2D eigenvalue weighted by molar-refractivity contribution is -0.167. The summed E-state index contributed by atoms with van der Waals surface area (Å²) in [6.45, 7) is 6.57. The van der Waals surface area contributed by atoms with Crippen LogP contribution in [0.25, 0.3) is 0 Å². The second-order valence-corrected chi connectivity index (χ2v) is 21.0. The predicted molar refractivity (Wildman–Crippen MR) is 307 cm³/mol. The molecular weight excluding hydrogens is 877 g/mol. The molecule has 71 heavy (non-hydrogen) atoms. The van der Waals surface area contributed by atoms with Crippen LogP contribution in [0.1, 0.15) is 329 Å². The van der Waals surface area contributed by atoms with Crippen LogP contribution in [0.3, 0.4) is 0 Å². The second kappa shape index (κ2) is 59.9. The van der Waals surface area contributed by atoms with Crippen molar-refractivity contribution in [3.63, 3.8) is 0 Å². The number of esters is 3. The summed E-state index contributed by atoms with van der Waals surface area (Å²) >= 11 is 0. The molecule has 0 aliphatic carbocycles. The van der Waals surface area contributed by atoms with Gasteiger partial charge in [-0.25, -0.2) is 0 Å².